The molecule has 0 spiro atoms. The number of aliphatic hydroxyl groups excluding tert-OH is 7. The van der Waals surface area contributed by atoms with Crippen LogP contribution < -0.4 is 0 Å². The third kappa shape index (κ3) is 14.0. The van der Waals surface area contributed by atoms with E-state index < -0.39 is 54.4 Å². The maximum absolute atomic E-state index is 9.77. The van der Waals surface area contributed by atoms with Gasteiger partial charge in [-0.3, -0.25) is 0 Å². The lowest BCUT2D eigenvalue weighted by atomic mass is 10.2. The molecule has 15 nitrogen and oxygen atoms in total. The minimum Gasteiger partial charge on any atom is -0.479 e. The van der Waals surface area contributed by atoms with Crippen LogP contribution in [0.15, 0.2) is 0 Å². The average Bonchev–Trinajstić information content (AvgIpc) is 2.58. The second kappa shape index (κ2) is 14.9. The van der Waals surface area contributed by atoms with Crippen LogP contribution in [0, 0.1) is 0 Å². The molecule has 0 aliphatic heterocycles. The van der Waals surface area contributed by atoms with E-state index in [-0.39, 0.29) is 13.2 Å². The number of carboxylic acids is 4. The molecule has 0 saturated heterocycles. The van der Waals surface area contributed by atoms with Gasteiger partial charge in [0.1, 0.15) is 6.10 Å². The highest BCUT2D eigenvalue weighted by atomic mass is 16.4. The van der Waals surface area contributed by atoms with Crippen molar-refractivity contribution in [3.63, 3.8) is 0 Å². The van der Waals surface area contributed by atoms with Crippen molar-refractivity contribution in [1.82, 2.24) is 0 Å². The van der Waals surface area contributed by atoms with Crippen LogP contribution in [0.25, 0.3) is 0 Å². The molecule has 15 heteroatoms. The van der Waals surface area contributed by atoms with Gasteiger partial charge >= 0.3 is 23.9 Å². The maximum Gasteiger partial charge on any atom is 0.335 e. The molecule has 0 aromatic heterocycles. The number of carboxylic acid groups (broad SMARTS) is 4. The Bertz CT molecular complexity index is 373. The molecule has 0 heterocycles. The highest BCUT2D eigenvalue weighted by Crippen LogP contribution is 1.93. The van der Waals surface area contributed by atoms with Crippen molar-refractivity contribution in [2.45, 2.75) is 30.5 Å². The van der Waals surface area contributed by atoms with E-state index >= 15 is 0 Å². The Morgan fingerprint density at radius 2 is 0.654 bits per heavy atom. The van der Waals surface area contributed by atoms with Gasteiger partial charge in [0.2, 0.25) is 0 Å². The summed E-state index contributed by atoms with van der Waals surface area (Å²) >= 11 is 0. The lowest BCUT2D eigenvalue weighted by molar-refractivity contribution is -0.165. The van der Waals surface area contributed by atoms with Crippen LogP contribution in [-0.4, -0.2) is 124 Å². The molecule has 4 unspecified atom stereocenters. The predicted octanol–water partition coefficient (Wildman–Crippen LogP) is -5.91. The molecule has 0 rings (SSSR count). The number of aliphatic hydroxyl groups is 7. The Labute approximate surface area is 144 Å². The van der Waals surface area contributed by atoms with E-state index in [2.05, 4.69) is 0 Å². The molecule has 0 amide bonds. The first kappa shape index (κ1) is 28.4. The predicted molar refractivity (Wildman–Crippen MR) is 74.7 cm³/mol. The molecule has 0 aromatic carbocycles. The second-order valence-electron chi connectivity index (χ2n) is 4.15. The van der Waals surface area contributed by atoms with Crippen LogP contribution in [0.4, 0.5) is 0 Å². The van der Waals surface area contributed by atoms with E-state index in [0.29, 0.717) is 0 Å². The van der Waals surface area contributed by atoms with Gasteiger partial charge in [-0.2, -0.15) is 0 Å². The Kier molecular flexibility index (Phi) is 16.3. The fraction of sp³-hybridized carbons (Fsp3) is 0.636. The Hall–Kier alpha value is -2.40. The molecule has 0 fully saturated rings. The summed E-state index contributed by atoms with van der Waals surface area (Å²) in [5.41, 5.74) is 0. The summed E-state index contributed by atoms with van der Waals surface area (Å²) < 4.78 is 0. The molecule has 0 bridgehead atoms. The van der Waals surface area contributed by atoms with E-state index in [9.17, 15) is 19.2 Å². The SMILES string of the molecule is O=C(O)C(O)C(O)C(=O)O.O=C(O)C(O)C(O)C(=O)O.OCC(O)CO. The number of carbonyl (C=O) groups is 4. The Morgan fingerprint density at radius 1 is 0.500 bits per heavy atom. The summed E-state index contributed by atoms with van der Waals surface area (Å²) in [5, 5.41) is 89.1. The van der Waals surface area contributed by atoms with Gasteiger partial charge in [-0.25, -0.2) is 19.2 Å². The zero-order chi connectivity index (χ0) is 21.6. The molecular weight excluding hydrogens is 372 g/mol. The minimum atomic E-state index is -2.27. The Balaban J connectivity index is -0.000000316. The fourth-order valence-electron chi connectivity index (χ4n) is 0.598. The summed E-state index contributed by atoms with van der Waals surface area (Å²) in [6.45, 7) is -0.729. The molecule has 0 saturated carbocycles. The van der Waals surface area contributed by atoms with E-state index in [0.717, 1.165) is 0 Å². The monoisotopic (exact) mass is 392 g/mol. The summed E-state index contributed by atoms with van der Waals surface area (Å²) in [6, 6.07) is 0. The van der Waals surface area contributed by atoms with Crippen LogP contribution >= 0.6 is 0 Å². The van der Waals surface area contributed by atoms with Crippen molar-refractivity contribution in [1.29, 1.82) is 0 Å². The van der Waals surface area contributed by atoms with Crippen molar-refractivity contribution >= 4 is 23.9 Å². The molecule has 4 atom stereocenters. The van der Waals surface area contributed by atoms with Crippen LogP contribution in [-0.2, 0) is 19.2 Å². The minimum absolute atomic E-state index is 0.365. The molecule has 0 aliphatic rings. The first-order valence-corrected chi connectivity index (χ1v) is 6.27. The quantitative estimate of drug-likeness (QED) is 0.183. The van der Waals surface area contributed by atoms with Gasteiger partial charge in [0, 0.05) is 0 Å². The highest BCUT2D eigenvalue weighted by Gasteiger charge is 2.30. The lowest BCUT2D eigenvalue weighted by Gasteiger charge is -2.07. The van der Waals surface area contributed by atoms with E-state index in [1.807, 2.05) is 0 Å². The summed E-state index contributed by atoms with van der Waals surface area (Å²) in [5.74, 6) is -7.07. The van der Waals surface area contributed by atoms with Crippen LogP contribution in [0.5, 0.6) is 0 Å². The van der Waals surface area contributed by atoms with Crippen molar-refractivity contribution in [3.05, 3.63) is 0 Å². The van der Waals surface area contributed by atoms with Crippen LogP contribution in [0.1, 0.15) is 0 Å². The molecule has 154 valence electrons. The second-order valence-corrected chi connectivity index (χ2v) is 4.15. The van der Waals surface area contributed by atoms with Crippen molar-refractivity contribution in [2.24, 2.45) is 0 Å². The zero-order valence-corrected chi connectivity index (χ0v) is 12.9. The first-order chi connectivity index (χ1) is 11.7. The molecule has 0 radical (unpaired) electrons. The number of aliphatic carboxylic acids is 4. The number of hydrogen-bond donors (Lipinski definition) is 11. The molecule has 11 N–H and O–H groups in total. The van der Waals surface area contributed by atoms with Gasteiger partial charge in [-0.15, -0.1) is 0 Å². The summed E-state index contributed by atoms with van der Waals surface area (Å²) in [4.78, 5) is 39.1. The fourth-order valence-corrected chi connectivity index (χ4v) is 0.598. The highest BCUT2D eigenvalue weighted by molar-refractivity contribution is 5.83. The molecular formula is C11H20O15. The molecule has 0 aromatic rings. The first-order valence-electron chi connectivity index (χ1n) is 6.27. The van der Waals surface area contributed by atoms with Gasteiger partial charge in [0.15, 0.2) is 24.4 Å². The van der Waals surface area contributed by atoms with Gasteiger partial charge in [-0.1, -0.05) is 0 Å². The van der Waals surface area contributed by atoms with Crippen molar-refractivity contribution in [3.8, 4) is 0 Å². The van der Waals surface area contributed by atoms with E-state index in [4.69, 9.17) is 56.2 Å². The average molecular weight is 392 g/mol. The van der Waals surface area contributed by atoms with E-state index in [1.165, 1.54) is 0 Å². The smallest absolute Gasteiger partial charge is 0.335 e. The molecule has 0 aliphatic carbocycles. The lowest BCUT2D eigenvalue weighted by Crippen LogP contribution is -2.39. The van der Waals surface area contributed by atoms with Crippen molar-refractivity contribution in [2.75, 3.05) is 13.2 Å². The van der Waals surface area contributed by atoms with Gasteiger partial charge in [-0.05, 0) is 0 Å². The standard InChI is InChI=1S/2C4H6O6.C3H8O3/c2*5-1(3(7)8)2(6)4(9)10;4-1-3(6)2-5/h2*1-2,5-6H,(H,7,8)(H,9,10);3-6H,1-2H2. The van der Waals surface area contributed by atoms with Crippen molar-refractivity contribution < 1.29 is 75.3 Å². The maximum atomic E-state index is 9.77. The Morgan fingerprint density at radius 3 is 0.692 bits per heavy atom. The van der Waals surface area contributed by atoms with Gasteiger partial charge in [0.25, 0.3) is 0 Å². The number of hydrogen-bond acceptors (Lipinski definition) is 11. The van der Waals surface area contributed by atoms with Gasteiger partial charge < -0.3 is 56.2 Å². The molecule has 26 heavy (non-hydrogen) atoms. The summed E-state index contributed by atoms with van der Waals surface area (Å²) in [7, 11) is 0. The normalized spacial score (nSPS) is 14.5. The van der Waals surface area contributed by atoms with E-state index in [1.54, 1.807) is 0 Å². The van der Waals surface area contributed by atoms with Crippen LogP contribution in [0.3, 0.4) is 0 Å². The zero-order valence-electron chi connectivity index (χ0n) is 12.9. The number of rotatable bonds is 8. The largest absolute Gasteiger partial charge is 0.479 e. The third-order valence-corrected chi connectivity index (χ3v) is 2.03. The van der Waals surface area contributed by atoms with Crippen LogP contribution in [0.2, 0.25) is 0 Å². The summed E-state index contributed by atoms with van der Waals surface area (Å²) in [6.07, 6.45) is -10.0. The topological polar surface area (TPSA) is 291 Å². The third-order valence-electron chi connectivity index (χ3n) is 2.03. The van der Waals surface area contributed by atoms with Gasteiger partial charge in [0.05, 0.1) is 13.2 Å².